The average Bonchev–Trinajstić information content (AvgIpc) is 1.87. The van der Waals surface area contributed by atoms with Crippen molar-refractivity contribution in [3.63, 3.8) is 0 Å². The first-order valence-electron chi connectivity index (χ1n) is 3.07. The molecular weight excluding hydrogens is 132 g/mol. The molecule has 0 fully saturated rings. The van der Waals surface area contributed by atoms with Gasteiger partial charge in [-0.2, -0.15) is 0 Å². The van der Waals surface area contributed by atoms with E-state index in [-0.39, 0.29) is 12.5 Å². The Morgan fingerprint density at radius 3 is 2.70 bits per heavy atom. The Balaban J connectivity index is 2.90. The summed E-state index contributed by atoms with van der Waals surface area (Å²) in [6.07, 6.45) is 1.68. The molecule has 1 amide bonds. The monoisotopic (exact) mass is 143 g/mol. The highest BCUT2D eigenvalue weighted by molar-refractivity contribution is 5.72. The number of hydrogen-bond acceptors (Lipinski definition) is 3. The fourth-order valence-electron chi connectivity index (χ4n) is 0.466. The molecule has 0 aromatic carbocycles. The maximum atomic E-state index is 10.3. The van der Waals surface area contributed by atoms with Crippen LogP contribution >= 0.6 is 0 Å². The number of hydrogen-bond donors (Lipinski definition) is 2. The third-order valence-electron chi connectivity index (χ3n) is 0.873. The van der Waals surface area contributed by atoms with E-state index in [9.17, 15) is 9.59 Å². The highest BCUT2D eigenvalue weighted by Crippen LogP contribution is 1.59. The van der Waals surface area contributed by atoms with Gasteiger partial charge in [-0.05, 0) is 0 Å². The second-order valence-electron chi connectivity index (χ2n) is 1.80. The first-order chi connectivity index (χ1) is 4.77. The summed E-state index contributed by atoms with van der Waals surface area (Å²) in [4.78, 5) is 19.9. The van der Waals surface area contributed by atoms with E-state index in [0.29, 0.717) is 13.1 Å². The number of amides is 1. The standard InChI is InChI=1S/C6H11N2O2/c1-6(10)8-3-2-7-4-5-9/h7H,2-4H2,1H3,(H,8,10). The van der Waals surface area contributed by atoms with Crippen LogP contribution in [0.4, 0.5) is 0 Å². The van der Waals surface area contributed by atoms with E-state index >= 15 is 0 Å². The number of nitrogens with one attached hydrogen (secondary N) is 2. The molecule has 0 atom stereocenters. The predicted molar refractivity (Wildman–Crippen MR) is 37.2 cm³/mol. The molecule has 1 radical (unpaired) electrons. The molecule has 0 spiro atoms. The van der Waals surface area contributed by atoms with Crippen LogP contribution in [0, 0.1) is 0 Å². The second kappa shape index (κ2) is 6.22. The number of rotatable bonds is 5. The first-order valence-corrected chi connectivity index (χ1v) is 3.07. The van der Waals surface area contributed by atoms with Gasteiger partial charge in [-0.3, -0.25) is 9.59 Å². The lowest BCUT2D eigenvalue weighted by atomic mass is 10.5. The van der Waals surface area contributed by atoms with Crippen molar-refractivity contribution >= 4 is 12.2 Å². The minimum atomic E-state index is -0.0584. The van der Waals surface area contributed by atoms with Gasteiger partial charge in [0.1, 0.15) is 0 Å². The minimum absolute atomic E-state index is 0.0584. The molecule has 0 aliphatic carbocycles. The Kier molecular flexibility index (Phi) is 5.66. The summed E-state index contributed by atoms with van der Waals surface area (Å²) in [5.74, 6) is -0.0584. The molecule has 0 aromatic rings. The summed E-state index contributed by atoms with van der Waals surface area (Å²) in [6.45, 7) is 2.83. The average molecular weight is 143 g/mol. The van der Waals surface area contributed by atoms with Crippen LogP contribution in [-0.2, 0) is 9.59 Å². The minimum Gasteiger partial charge on any atom is -0.355 e. The van der Waals surface area contributed by atoms with E-state index in [0.717, 1.165) is 0 Å². The largest absolute Gasteiger partial charge is 0.355 e. The van der Waals surface area contributed by atoms with Gasteiger partial charge in [0, 0.05) is 20.0 Å². The van der Waals surface area contributed by atoms with Crippen LogP contribution in [0.5, 0.6) is 0 Å². The summed E-state index contributed by atoms with van der Waals surface area (Å²) >= 11 is 0. The predicted octanol–water partition coefficient (Wildman–Crippen LogP) is -1.18. The molecule has 0 heterocycles. The molecule has 0 unspecified atom stereocenters. The molecule has 0 aromatic heterocycles. The Hall–Kier alpha value is -0.900. The highest BCUT2D eigenvalue weighted by atomic mass is 16.1. The van der Waals surface area contributed by atoms with Gasteiger partial charge in [-0.1, -0.05) is 0 Å². The van der Waals surface area contributed by atoms with Gasteiger partial charge in [0.05, 0.1) is 6.54 Å². The van der Waals surface area contributed by atoms with Crippen LogP contribution in [0.2, 0.25) is 0 Å². The maximum absolute atomic E-state index is 10.3. The molecule has 0 aliphatic rings. The van der Waals surface area contributed by atoms with Crippen molar-refractivity contribution in [3.05, 3.63) is 0 Å². The molecule has 57 valence electrons. The van der Waals surface area contributed by atoms with Crippen molar-refractivity contribution in [2.45, 2.75) is 6.92 Å². The van der Waals surface area contributed by atoms with Gasteiger partial charge in [-0.15, -0.1) is 0 Å². The van der Waals surface area contributed by atoms with E-state index in [2.05, 4.69) is 10.6 Å². The van der Waals surface area contributed by atoms with Crippen molar-refractivity contribution in [1.29, 1.82) is 0 Å². The zero-order valence-corrected chi connectivity index (χ0v) is 5.94. The van der Waals surface area contributed by atoms with Crippen molar-refractivity contribution in [2.24, 2.45) is 0 Å². The van der Waals surface area contributed by atoms with Crippen LogP contribution in [0.25, 0.3) is 0 Å². The summed E-state index contributed by atoms with van der Waals surface area (Å²) < 4.78 is 0. The summed E-state index contributed by atoms with van der Waals surface area (Å²) in [6, 6.07) is 0. The van der Waals surface area contributed by atoms with E-state index in [1.807, 2.05) is 0 Å². The van der Waals surface area contributed by atoms with Gasteiger partial charge >= 0.3 is 0 Å². The molecule has 2 N–H and O–H groups in total. The zero-order valence-electron chi connectivity index (χ0n) is 5.94. The molecule has 0 rings (SSSR count). The van der Waals surface area contributed by atoms with Crippen LogP contribution in [-0.4, -0.2) is 31.8 Å². The fraction of sp³-hybridized carbons (Fsp3) is 0.667. The molecule has 10 heavy (non-hydrogen) atoms. The highest BCUT2D eigenvalue weighted by Gasteiger charge is 1.88. The van der Waals surface area contributed by atoms with Crippen LogP contribution in [0.3, 0.4) is 0 Å². The summed E-state index contributed by atoms with van der Waals surface area (Å²) in [5.41, 5.74) is 0. The zero-order chi connectivity index (χ0) is 7.82. The molecular formula is C6H11N2O2. The Morgan fingerprint density at radius 2 is 2.20 bits per heavy atom. The normalized spacial score (nSPS) is 8.90. The maximum Gasteiger partial charge on any atom is 0.216 e. The molecule has 0 aliphatic heterocycles. The molecule has 4 nitrogen and oxygen atoms in total. The Labute approximate surface area is 60.0 Å². The summed E-state index contributed by atoms with van der Waals surface area (Å²) in [5, 5.41) is 5.33. The number of carbonyl (C=O) groups is 1. The first kappa shape index (κ1) is 9.10. The van der Waals surface area contributed by atoms with Gasteiger partial charge < -0.3 is 10.6 Å². The smallest absolute Gasteiger partial charge is 0.216 e. The third-order valence-corrected chi connectivity index (χ3v) is 0.873. The molecule has 4 heteroatoms. The topological polar surface area (TPSA) is 58.2 Å². The van der Waals surface area contributed by atoms with E-state index in [1.165, 1.54) is 6.92 Å². The lowest BCUT2D eigenvalue weighted by Crippen LogP contribution is -2.30. The van der Waals surface area contributed by atoms with Gasteiger partial charge in [0.25, 0.3) is 0 Å². The van der Waals surface area contributed by atoms with E-state index in [4.69, 9.17) is 0 Å². The van der Waals surface area contributed by atoms with Crippen LogP contribution < -0.4 is 10.6 Å². The third kappa shape index (κ3) is 7.10. The fourth-order valence-corrected chi connectivity index (χ4v) is 0.466. The summed E-state index contributed by atoms with van der Waals surface area (Å²) in [7, 11) is 0. The lowest BCUT2D eigenvalue weighted by molar-refractivity contribution is -0.118. The van der Waals surface area contributed by atoms with Crippen LogP contribution in [0.1, 0.15) is 6.92 Å². The van der Waals surface area contributed by atoms with Gasteiger partial charge in [0.15, 0.2) is 0 Å². The van der Waals surface area contributed by atoms with E-state index < -0.39 is 0 Å². The van der Waals surface area contributed by atoms with Gasteiger partial charge in [-0.25, -0.2) is 0 Å². The second-order valence-corrected chi connectivity index (χ2v) is 1.80. The SMILES string of the molecule is CC(=O)NCCNC[C]=O. The lowest BCUT2D eigenvalue weighted by Gasteiger charge is -1.99. The van der Waals surface area contributed by atoms with Crippen molar-refractivity contribution in [1.82, 2.24) is 10.6 Å². The van der Waals surface area contributed by atoms with Gasteiger partial charge in [0.2, 0.25) is 12.2 Å². The van der Waals surface area contributed by atoms with Crippen molar-refractivity contribution in [3.8, 4) is 0 Å². The molecule has 0 bridgehead atoms. The quantitative estimate of drug-likeness (QED) is 0.476. The van der Waals surface area contributed by atoms with Crippen molar-refractivity contribution < 1.29 is 9.59 Å². The Bertz CT molecular complexity index is 114. The van der Waals surface area contributed by atoms with E-state index in [1.54, 1.807) is 6.29 Å². The Morgan fingerprint density at radius 1 is 1.50 bits per heavy atom. The number of carbonyl (C=O) groups excluding carboxylic acids is 2. The molecule has 0 saturated carbocycles. The van der Waals surface area contributed by atoms with Crippen molar-refractivity contribution in [2.75, 3.05) is 19.6 Å². The molecule has 0 saturated heterocycles. The van der Waals surface area contributed by atoms with Crippen LogP contribution in [0.15, 0.2) is 0 Å².